The molecule has 5 heteroatoms. The number of rotatable bonds is 67. The van der Waals surface area contributed by atoms with Gasteiger partial charge in [0.1, 0.15) is 6.61 Å². The summed E-state index contributed by atoms with van der Waals surface area (Å²) in [4.78, 5) is 24.7. The number of esters is 2. The number of aliphatic hydroxyl groups is 1. The first-order valence-electron chi connectivity index (χ1n) is 37.9. The van der Waals surface area contributed by atoms with Crippen LogP contribution in [0, 0.1) is 0 Å². The van der Waals surface area contributed by atoms with Gasteiger partial charge in [-0.05, 0) is 161 Å². The molecule has 524 valence electrons. The highest BCUT2D eigenvalue weighted by atomic mass is 16.6. The van der Waals surface area contributed by atoms with Gasteiger partial charge in [-0.3, -0.25) is 9.59 Å². The first-order valence-corrected chi connectivity index (χ1v) is 37.9. The molecule has 0 aromatic rings. The summed E-state index contributed by atoms with van der Waals surface area (Å²) in [6.45, 7) is 3.90. The SMILES string of the molecule is CC/C=C\C/C=C\C/C=C\C/C=C\C/C=C\C/C=C\C/C=C\C/C=C\C/C=C\C/C=C\CCCCCCCCCCC(=O)OC(CO)COC(=O)CCCCCCCCCCCCCCC/C=C\C/C=C\C/C=C\C/C=C\C/C=C\C/C=C\C/C=C\C/C=C\C/C=C\CC. The number of ether oxygens (including phenoxy) is 2. The highest BCUT2D eigenvalue weighted by Crippen LogP contribution is 2.16. The largest absolute Gasteiger partial charge is 0.462 e. The van der Waals surface area contributed by atoms with Crippen LogP contribution in [0.2, 0.25) is 0 Å². The van der Waals surface area contributed by atoms with Crippen molar-refractivity contribution in [2.24, 2.45) is 0 Å². The van der Waals surface area contributed by atoms with Crippen LogP contribution in [-0.2, 0) is 19.1 Å². The highest BCUT2D eigenvalue weighted by Gasteiger charge is 2.16. The van der Waals surface area contributed by atoms with Crippen molar-refractivity contribution in [3.8, 4) is 0 Å². The van der Waals surface area contributed by atoms with Crippen molar-refractivity contribution in [3.63, 3.8) is 0 Å². The Morgan fingerprint density at radius 3 is 0.638 bits per heavy atom. The van der Waals surface area contributed by atoms with E-state index in [2.05, 4.69) is 245 Å². The summed E-state index contributed by atoms with van der Waals surface area (Å²) in [6, 6.07) is 0. The molecule has 0 bridgehead atoms. The Bertz CT molecular complexity index is 2250. The highest BCUT2D eigenvalue weighted by molar-refractivity contribution is 5.70. The van der Waals surface area contributed by atoms with Crippen molar-refractivity contribution in [1.29, 1.82) is 0 Å². The zero-order chi connectivity index (χ0) is 67.5. The minimum atomic E-state index is -0.795. The van der Waals surface area contributed by atoms with Gasteiger partial charge in [0.2, 0.25) is 0 Å². The van der Waals surface area contributed by atoms with Gasteiger partial charge in [-0.1, -0.05) is 354 Å². The Kier molecular flexibility index (Phi) is 76.0. The maximum Gasteiger partial charge on any atom is 0.306 e. The van der Waals surface area contributed by atoms with Gasteiger partial charge in [-0.15, -0.1) is 0 Å². The molecule has 0 rings (SSSR count). The normalized spacial score (nSPS) is 13.6. The minimum absolute atomic E-state index is 0.0822. The van der Waals surface area contributed by atoms with Crippen LogP contribution in [0.15, 0.2) is 231 Å². The van der Waals surface area contributed by atoms with E-state index >= 15 is 0 Å². The van der Waals surface area contributed by atoms with Crippen molar-refractivity contribution in [2.45, 2.75) is 302 Å². The second-order valence-electron chi connectivity index (χ2n) is 24.3. The molecular formula is C89H138O5. The van der Waals surface area contributed by atoms with Crippen LogP contribution in [-0.4, -0.2) is 36.4 Å². The van der Waals surface area contributed by atoms with Crippen molar-refractivity contribution in [3.05, 3.63) is 231 Å². The number of carbonyl (C=O) groups excluding carboxylic acids is 2. The predicted molar refractivity (Wildman–Crippen MR) is 416 cm³/mol. The third-order valence-corrected chi connectivity index (χ3v) is 15.5. The molecule has 0 spiro atoms. The summed E-state index contributed by atoms with van der Waals surface area (Å²) < 4.78 is 10.8. The summed E-state index contributed by atoms with van der Waals surface area (Å²) in [5, 5.41) is 9.72. The molecule has 1 atom stereocenters. The number of hydrogen-bond acceptors (Lipinski definition) is 5. The van der Waals surface area contributed by atoms with Gasteiger partial charge in [0.15, 0.2) is 6.10 Å². The van der Waals surface area contributed by atoms with E-state index in [1.165, 1.54) is 103 Å². The average Bonchev–Trinajstić information content (AvgIpc) is 3.65. The van der Waals surface area contributed by atoms with Crippen molar-refractivity contribution >= 4 is 11.9 Å². The van der Waals surface area contributed by atoms with Gasteiger partial charge in [-0.2, -0.15) is 0 Å². The van der Waals surface area contributed by atoms with Crippen LogP contribution in [0.1, 0.15) is 296 Å². The molecule has 0 aliphatic rings. The molecule has 1 unspecified atom stereocenters. The van der Waals surface area contributed by atoms with E-state index < -0.39 is 6.10 Å². The summed E-state index contributed by atoms with van der Waals surface area (Å²) >= 11 is 0. The summed E-state index contributed by atoms with van der Waals surface area (Å²) in [6.07, 6.45) is 132. The maximum absolute atomic E-state index is 12.4. The monoisotopic (exact) mass is 1290 g/mol. The zero-order valence-electron chi connectivity index (χ0n) is 60.1. The summed E-state index contributed by atoms with van der Waals surface area (Å²) in [5.74, 6) is -0.611. The number of aliphatic hydroxyl groups excluding tert-OH is 1. The average molecular weight is 1290 g/mol. The molecule has 0 aliphatic carbocycles. The van der Waals surface area contributed by atoms with Crippen molar-refractivity contribution in [2.75, 3.05) is 13.2 Å². The second kappa shape index (κ2) is 81.2. The van der Waals surface area contributed by atoms with E-state index in [0.717, 1.165) is 167 Å². The molecule has 0 amide bonds. The van der Waals surface area contributed by atoms with E-state index in [-0.39, 0.29) is 25.2 Å². The van der Waals surface area contributed by atoms with Crippen LogP contribution in [0.3, 0.4) is 0 Å². The smallest absolute Gasteiger partial charge is 0.306 e. The molecule has 5 nitrogen and oxygen atoms in total. The Balaban J connectivity index is 3.59. The van der Waals surface area contributed by atoms with Crippen molar-refractivity contribution in [1.82, 2.24) is 0 Å². The van der Waals surface area contributed by atoms with Gasteiger partial charge in [0.25, 0.3) is 0 Å². The van der Waals surface area contributed by atoms with E-state index in [9.17, 15) is 14.7 Å². The Morgan fingerprint density at radius 2 is 0.426 bits per heavy atom. The lowest BCUT2D eigenvalue weighted by molar-refractivity contribution is -0.161. The van der Waals surface area contributed by atoms with Gasteiger partial charge in [-0.25, -0.2) is 0 Å². The Morgan fingerprint density at radius 1 is 0.245 bits per heavy atom. The lowest BCUT2D eigenvalue weighted by atomic mass is 10.0. The van der Waals surface area contributed by atoms with E-state index in [4.69, 9.17) is 9.47 Å². The third-order valence-electron chi connectivity index (χ3n) is 15.5. The van der Waals surface area contributed by atoms with Gasteiger partial charge >= 0.3 is 11.9 Å². The second-order valence-corrected chi connectivity index (χ2v) is 24.3. The quantitative estimate of drug-likeness (QED) is 0.0373. The summed E-state index contributed by atoms with van der Waals surface area (Å²) in [7, 11) is 0. The lowest BCUT2D eigenvalue weighted by Crippen LogP contribution is -2.28. The van der Waals surface area contributed by atoms with E-state index in [1.54, 1.807) is 0 Å². The van der Waals surface area contributed by atoms with Gasteiger partial charge in [0, 0.05) is 12.8 Å². The molecule has 1 N–H and O–H groups in total. The van der Waals surface area contributed by atoms with Crippen LogP contribution in [0.5, 0.6) is 0 Å². The molecule has 0 aromatic heterocycles. The first kappa shape index (κ1) is 88.0. The Labute approximate surface area is 579 Å². The standard InChI is InChI=1S/C89H138O5/c1-3-5-7-9-11-13-15-17-19-21-23-25-27-29-31-33-35-37-39-41-43-44-46-47-49-51-53-55-57-59-61-63-65-67-69-71-73-75-77-79-81-83-88(91)93-86-87(85-90)94-89(92)84-82-80-78-76-74-72-70-68-66-64-62-60-58-56-54-52-50-48-45-42-40-38-36-34-32-30-28-26-24-22-20-18-16-14-12-10-8-6-4-2/h5-8,11-14,17-20,23-26,29-32,35-38,41-43,45-47,50-53,56,58,62,64,87,90H,3-4,9-10,15-16,21-22,27-28,33-34,39-40,44,48-49,54-55,57,59-61,63,65-86H2,1-2H3/b7-5-,8-6-,13-11-,14-12-,19-17-,20-18-,25-23-,26-24-,31-29-,32-30-,37-35-,38-36-,43-41-,45-42-,47-46-,52-50-,53-51-,58-56-,64-62-. The number of hydrogen-bond donors (Lipinski definition) is 1. The lowest BCUT2D eigenvalue weighted by Gasteiger charge is -2.15. The fourth-order valence-corrected chi connectivity index (χ4v) is 9.87. The maximum atomic E-state index is 12.4. The predicted octanol–water partition coefficient (Wildman–Crippen LogP) is 27.2. The minimum Gasteiger partial charge on any atom is -0.462 e. The molecule has 0 fully saturated rings. The van der Waals surface area contributed by atoms with Gasteiger partial charge < -0.3 is 14.6 Å². The molecule has 0 saturated heterocycles. The first-order chi connectivity index (χ1) is 46.6. The van der Waals surface area contributed by atoms with Crippen LogP contribution in [0.25, 0.3) is 0 Å². The van der Waals surface area contributed by atoms with Crippen LogP contribution in [0.4, 0.5) is 0 Å². The number of carbonyl (C=O) groups is 2. The fourth-order valence-electron chi connectivity index (χ4n) is 9.87. The molecule has 0 radical (unpaired) electrons. The molecule has 0 aliphatic heterocycles. The summed E-state index contributed by atoms with van der Waals surface area (Å²) in [5.41, 5.74) is 0. The Hall–Kier alpha value is -6.04. The van der Waals surface area contributed by atoms with E-state index in [1.807, 2.05) is 0 Å². The number of allylic oxidation sites excluding steroid dienone is 38. The van der Waals surface area contributed by atoms with Crippen LogP contribution < -0.4 is 0 Å². The zero-order valence-corrected chi connectivity index (χ0v) is 60.1. The number of unbranched alkanes of at least 4 members (excludes halogenated alkanes) is 21. The van der Waals surface area contributed by atoms with Crippen LogP contribution >= 0.6 is 0 Å². The molecular weight excluding hydrogens is 1150 g/mol. The van der Waals surface area contributed by atoms with Crippen molar-refractivity contribution < 1.29 is 24.2 Å². The molecule has 94 heavy (non-hydrogen) atoms. The molecule has 0 heterocycles. The van der Waals surface area contributed by atoms with Gasteiger partial charge in [0.05, 0.1) is 6.61 Å². The fraction of sp³-hybridized carbons (Fsp3) is 0.551. The topological polar surface area (TPSA) is 72.8 Å². The molecule has 0 saturated carbocycles. The molecule has 0 aromatic carbocycles. The third kappa shape index (κ3) is 78.4. The van der Waals surface area contributed by atoms with E-state index in [0.29, 0.717) is 12.8 Å².